The number of aromatic nitrogens is 2. The summed E-state index contributed by atoms with van der Waals surface area (Å²) in [6.07, 6.45) is 7.11. The molecule has 0 unspecified atom stereocenters. The van der Waals surface area contributed by atoms with Crippen LogP contribution in [0.25, 0.3) is 0 Å². The molecular formula is C10H16N4O. The number of nitrogens with one attached hydrogen (secondary N) is 2. The third kappa shape index (κ3) is 2.18. The Kier molecular flexibility index (Phi) is 2.73. The highest BCUT2D eigenvalue weighted by molar-refractivity contribution is 5.90. The number of hydrogen-bond acceptors (Lipinski definition) is 3. The first-order chi connectivity index (χ1) is 7.24. The summed E-state index contributed by atoms with van der Waals surface area (Å²) in [5, 5.41) is 9.20. The highest BCUT2D eigenvalue weighted by atomic mass is 16.1. The quantitative estimate of drug-likeness (QED) is 0.686. The molecule has 0 radical (unpaired) electrons. The first kappa shape index (κ1) is 10.2. The summed E-state index contributed by atoms with van der Waals surface area (Å²) in [5.74, 6) is 0.0292. The van der Waals surface area contributed by atoms with Crippen LogP contribution in [0.4, 0.5) is 5.69 Å². The molecule has 4 N–H and O–H groups in total. The molecule has 1 aromatic rings. The lowest BCUT2D eigenvalue weighted by atomic mass is 9.66. The lowest BCUT2D eigenvalue weighted by Crippen LogP contribution is -2.40. The van der Waals surface area contributed by atoms with Crippen LogP contribution in [0.1, 0.15) is 25.7 Å². The van der Waals surface area contributed by atoms with E-state index in [0.717, 1.165) is 12.8 Å². The topological polar surface area (TPSA) is 83.8 Å². The number of anilines is 1. The highest BCUT2D eigenvalue weighted by Gasteiger charge is 2.37. The van der Waals surface area contributed by atoms with Crippen LogP contribution in [0.15, 0.2) is 12.4 Å². The normalized spacial score (nSPS) is 18.2. The summed E-state index contributed by atoms with van der Waals surface area (Å²) in [5.41, 5.74) is 6.47. The molecule has 0 saturated heterocycles. The van der Waals surface area contributed by atoms with Gasteiger partial charge in [-0.3, -0.25) is 9.89 Å². The minimum Gasteiger partial charge on any atom is -0.330 e. The zero-order valence-corrected chi connectivity index (χ0v) is 8.62. The summed E-state index contributed by atoms with van der Waals surface area (Å²) in [4.78, 5) is 11.7. The van der Waals surface area contributed by atoms with Gasteiger partial charge in [-0.2, -0.15) is 5.10 Å². The number of amides is 1. The maximum absolute atomic E-state index is 11.7. The molecule has 2 rings (SSSR count). The predicted octanol–water partition coefficient (Wildman–Crippen LogP) is 0.867. The Bertz CT molecular complexity index is 324. The van der Waals surface area contributed by atoms with Crippen molar-refractivity contribution in [3.05, 3.63) is 12.4 Å². The van der Waals surface area contributed by atoms with Crippen molar-refractivity contribution < 1.29 is 4.79 Å². The van der Waals surface area contributed by atoms with Crippen LogP contribution in [0, 0.1) is 5.41 Å². The van der Waals surface area contributed by atoms with E-state index in [1.54, 1.807) is 12.4 Å². The van der Waals surface area contributed by atoms with Crippen molar-refractivity contribution in [3.63, 3.8) is 0 Å². The van der Waals surface area contributed by atoms with Crippen LogP contribution in [0.2, 0.25) is 0 Å². The zero-order chi connectivity index (χ0) is 10.7. The van der Waals surface area contributed by atoms with Crippen LogP contribution in [0.3, 0.4) is 0 Å². The van der Waals surface area contributed by atoms with E-state index in [1.165, 1.54) is 6.42 Å². The number of carbonyl (C=O) groups is 1. The Morgan fingerprint density at radius 1 is 1.67 bits per heavy atom. The Morgan fingerprint density at radius 2 is 2.47 bits per heavy atom. The molecule has 0 aliphatic heterocycles. The van der Waals surface area contributed by atoms with Gasteiger partial charge in [-0.25, -0.2) is 0 Å². The largest absolute Gasteiger partial charge is 0.330 e. The molecule has 1 aliphatic rings. The summed E-state index contributed by atoms with van der Waals surface area (Å²) in [6, 6.07) is 0. The third-order valence-corrected chi connectivity index (χ3v) is 3.16. The van der Waals surface area contributed by atoms with E-state index in [9.17, 15) is 4.79 Å². The highest BCUT2D eigenvalue weighted by Crippen LogP contribution is 2.42. The summed E-state index contributed by atoms with van der Waals surface area (Å²) in [7, 11) is 0. The van der Waals surface area contributed by atoms with Crippen LogP contribution < -0.4 is 11.1 Å². The Balaban J connectivity index is 1.87. The van der Waals surface area contributed by atoms with Crippen molar-refractivity contribution in [1.29, 1.82) is 0 Å². The van der Waals surface area contributed by atoms with Gasteiger partial charge >= 0.3 is 0 Å². The molecule has 0 bridgehead atoms. The van der Waals surface area contributed by atoms with Crippen molar-refractivity contribution in [1.82, 2.24) is 10.2 Å². The van der Waals surface area contributed by atoms with Gasteiger partial charge in [0.05, 0.1) is 11.9 Å². The number of nitrogens with two attached hydrogens (primary N) is 1. The molecular weight excluding hydrogens is 192 g/mol. The van der Waals surface area contributed by atoms with Gasteiger partial charge < -0.3 is 11.1 Å². The van der Waals surface area contributed by atoms with E-state index in [1.807, 2.05) is 0 Å². The fraction of sp³-hybridized carbons (Fsp3) is 0.600. The molecule has 1 fully saturated rings. The SMILES string of the molecule is NCC1(CC(=O)Nc2cn[nH]c2)CCC1. The zero-order valence-electron chi connectivity index (χ0n) is 8.62. The number of aromatic amines is 1. The van der Waals surface area contributed by atoms with Crippen molar-refractivity contribution in [2.75, 3.05) is 11.9 Å². The summed E-state index contributed by atoms with van der Waals surface area (Å²) >= 11 is 0. The van der Waals surface area contributed by atoms with Crippen LogP contribution in [-0.4, -0.2) is 22.6 Å². The summed E-state index contributed by atoms with van der Waals surface area (Å²) in [6.45, 7) is 0.603. The first-order valence-corrected chi connectivity index (χ1v) is 5.23. The molecule has 0 atom stereocenters. The molecule has 0 spiro atoms. The van der Waals surface area contributed by atoms with E-state index in [0.29, 0.717) is 18.7 Å². The van der Waals surface area contributed by atoms with Crippen molar-refractivity contribution in [2.24, 2.45) is 11.1 Å². The molecule has 15 heavy (non-hydrogen) atoms. The van der Waals surface area contributed by atoms with Crippen molar-refractivity contribution in [2.45, 2.75) is 25.7 Å². The van der Waals surface area contributed by atoms with Gasteiger partial charge in [-0.1, -0.05) is 6.42 Å². The number of rotatable bonds is 4. The van der Waals surface area contributed by atoms with Gasteiger partial charge in [0.25, 0.3) is 0 Å². The molecule has 82 valence electrons. The fourth-order valence-corrected chi connectivity index (χ4v) is 1.99. The average molecular weight is 208 g/mol. The molecule has 5 nitrogen and oxygen atoms in total. The van der Waals surface area contributed by atoms with Gasteiger partial charge in [0.2, 0.25) is 5.91 Å². The number of H-pyrrole nitrogens is 1. The monoisotopic (exact) mass is 208 g/mol. The maximum Gasteiger partial charge on any atom is 0.225 e. The molecule has 5 heteroatoms. The van der Waals surface area contributed by atoms with Crippen molar-refractivity contribution in [3.8, 4) is 0 Å². The third-order valence-electron chi connectivity index (χ3n) is 3.16. The molecule has 1 heterocycles. The minimum atomic E-state index is 0.0292. The van der Waals surface area contributed by atoms with Crippen LogP contribution in [0.5, 0.6) is 0 Å². The predicted molar refractivity (Wildman–Crippen MR) is 57.2 cm³/mol. The van der Waals surface area contributed by atoms with Gasteiger partial charge in [0, 0.05) is 12.6 Å². The van der Waals surface area contributed by atoms with Gasteiger partial charge in [0.15, 0.2) is 0 Å². The van der Waals surface area contributed by atoms with Gasteiger partial charge in [-0.05, 0) is 24.8 Å². The fourth-order valence-electron chi connectivity index (χ4n) is 1.99. The smallest absolute Gasteiger partial charge is 0.225 e. The Hall–Kier alpha value is -1.36. The van der Waals surface area contributed by atoms with Crippen LogP contribution in [-0.2, 0) is 4.79 Å². The average Bonchev–Trinajstić information content (AvgIpc) is 2.64. The van der Waals surface area contributed by atoms with Crippen molar-refractivity contribution >= 4 is 11.6 Å². The van der Waals surface area contributed by atoms with E-state index in [4.69, 9.17) is 5.73 Å². The number of carbonyl (C=O) groups excluding carboxylic acids is 1. The minimum absolute atomic E-state index is 0.0292. The van der Waals surface area contributed by atoms with E-state index in [2.05, 4.69) is 15.5 Å². The van der Waals surface area contributed by atoms with E-state index in [-0.39, 0.29) is 11.3 Å². The maximum atomic E-state index is 11.7. The summed E-state index contributed by atoms with van der Waals surface area (Å²) < 4.78 is 0. The Labute approximate surface area is 88.4 Å². The van der Waals surface area contributed by atoms with Crippen LogP contribution >= 0.6 is 0 Å². The first-order valence-electron chi connectivity index (χ1n) is 5.23. The van der Waals surface area contributed by atoms with E-state index < -0.39 is 0 Å². The molecule has 0 aromatic carbocycles. The Morgan fingerprint density at radius 3 is 2.93 bits per heavy atom. The second-order valence-corrected chi connectivity index (χ2v) is 4.27. The standard InChI is InChI=1S/C10H16N4O/c11-7-10(2-1-3-10)4-9(15)14-8-5-12-13-6-8/h5-6H,1-4,7,11H2,(H,12,13)(H,14,15). The molecule has 1 amide bonds. The van der Waals surface area contributed by atoms with Gasteiger partial charge in [-0.15, -0.1) is 0 Å². The lowest BCUT2D eigenvalue weighted by Gasteiger charge is -2.40. The molecule has 1 aliphatic carbocycles. The molecule has 1 aromatic heterocycles. The van der Waals surface area contributed by atoms with E-state index >= 15 is 0 Å². The second-order valence-electron chi connectivity index (χ2n) is 4.27. The second kappa shape index (κ2) is 4.02. The van der Waals surface area contributed by atoms with Gasteiger partial charge in [0.1, 0.15) is 0 Å². The number of hydrogen-bond donors (Lipinski definition) is 3. The molecule has 1 saturated carbocycles. The lowest BCUT2D eigenvalue weighted by molar-refractivity contribution is -0.119. The number of nitrogens with zero attached hydrogens (tertiary/aromatic N) is 1.